The maximum atomic E-state index is 13.7. The van der Waals surface area contributed by atoms with Gasteiger partial charge >= 0.3 is 0 Å². The zero-order chi connectivity index (χ0) is 11.8. The molecule has 0 radical (unpaired) electrons. The van der Waals surface area contributed by atoms with Crippen molar-refractivity contribution in [3.8, 4) is 0 Å². The van der Waals surface area contributed by atoms with E-state index in [2.05, 4.69) is 10.6 Å². The SMILES string of the molecule is NC1=CC=C(c2ccccc2F)C2NON=C12. The van der Waals surface area contributed by atoms with Crippen molar-refractivity contribution in [1.29, 1.82) is 0 Å². The summed E-state index contributed by atoms with van der Waals surface area (Å²) >= 11 is 0. The summed E-state index contributed by atoms with van der Waals surface area (Å²) < 4.78 is 13.7. The number of halogens is 1. The molecule has 1 aromatic rings. The quantitative estimate of drug-likeness (QED) is 0.766. The maximum absolute atomic E-state index is 13.7. The van der Waals surface area contributed by atoms with Crippen molar-refractivity contribution in [2.24, 2.45) is 10.9 Å². The average molecular weight is 231 g/mol. The van der Waals surface area contributed by atoms with Crippen LogP contribution in [0.1, 0.15) is 5.56 Å². The second-order valence-corrected chi connectivity index (χ2v) is 3.84. The fraction of sp³-hybridized carbons (Fsp3) is 0.0833. The van der Waals surface area contributed by atoms with Crippen LogP contribution in [0, 0.1) is 5.82 Å². The minimum Gasteiger partial charge on any atom is -0.397 e. The summed E-state index contributed by atoms with van der Waals surface area (Å²) in [6.07, 6.45) is 3.48. The molecule has 0 aromatic heterocycles. The second kappa shape index (κ2) is 3.71. The molecule has 1 atom stereocenters. The number of hydrogen-bond donors (Lipinski definition) is 2. The third-order valence-corrected chi connectivity index (χ3v) is 2.82. The number of fused-ring (bicyclic) bond motifs is 1. The number of allylic oxidation sites excluding steroid dienone is 2. The number of nitrogens with zero attached hydrogens (tertiary/aromatic N) is 1. The summed E-state index contributed by atoms with van der Waals surface area (Å²) in [5, 5.41) is 3.79. The van der Waals surface area contributed by atoms with Crippen LogP contribution >= 0.6 is 0 Å². The number of nitrogens with one attached hydrogen (secondary N) is 1. The summed E-state index contributed by atoms with van der Waals surface area (Å²) in [5.41, 5.74) is 10.9. The highest BCUT2D eigenvalue weighted by Crippen LogP contribution is 2.28. The summed E-state index contributed by atoms with van der Waals surface area (Å²) in [6.45, 7) is 0. The Bertz CT molecular complexity index is 563. The molecular weight excluding hydrogens is 221 g/mol. The topological polar surface area (TPSA) is 59.6 Å². The molecule has 3 N–H and O–H groups in total. The van der Waals surface area contributed by atoms with Crippen molar-refractivity contribution in [1.82, 2.24) is 5.48 Å². The summed E-state index contributed by atoms with van der Waals surface area (Å²) in [5.74, 6) is -0.277. The lowest BCUT2D eigenvalue weighted by molar-refractivity contribution is 0.0685. The van der Waals surface area contributed by atoms with E-state index in [0.717, 1.165) is 5.57 Å². The fourth-order valence-electron chi connectivity index (χ4n) is 1.97. The molecule has 0 saturated carbocycles. The second-order valence-electron chi connectivity index (χ2n) is 3.84. The largest absolute Gasteiger partial charge is 0.397 e. The minimum atomic E-state index is -0.308. The highest BCUT2D eigenvalue weighted by molar-refractivity contribution is 6.12. The van der Waals surface area contributed by atoms with Gasteiger partial charge in [-0.05, 0) is 17.7 Å². The molecule has 2 aliphatic rings. The molecule has 1 aromatic carbocycles. The van der Waals surface area contributed by atoms with Crippen LogP contribution in [0.5, 0.6) is 0 Å². The Morgan fingerprint density at radius 3 is 2.94 bits per heavy atom. The molecule has 3 rings (SSSR count). The van der Waals surface area contributed by atoms with Gasteiger partial charge in [0.2, 0.25) is 0 Å². The molecule has 1 unspecified atom stereocenters. The number of rotatable bonds is 1. The standard InChI is InChI=1S/C12H10FN3O/c13-9-4-2-1-3-7(9)8-5-6-10(14)12-11(8)15-17-16-12/h1-6,11,15H,14H2. The first-order valence-electron chi connectivity index (χ1n) is 5.19. The van der Waals surface area contributed by atoms with Gasteiger partial charge in [0.05, 0.1) is 5.70 Å². The lowest BCUT2D eigenvalue weighted by Crippen LogP contribution is -2.35. The van der Waals surface area contributed by atoms with Gasteiger partial charge in [0.15, 0.2) is 0 Å². The van der Waals surface area contributed by atoms with E-state index < -0.39 is 0 Å². The van der Waals surface area contributed by atoms with E-state index in [9.17, 15) is 4.39 Å². The van der Waals surface area contributed by atoms with Crippen LogP contribution in [0.3, 0.4) is 0 Å². The van der Waals surface area contributed by atoms with Crippen LogP contribution in [0.25, 0.3) is 5.57 Å². The molecule has 4 nitrogen and oxygen atoms in total. The predicted molar refractivity (Wildman–Crippen MR) is 62.1 cm³/mol. The molecule has 0 fully saturated rings. The Balaban J connectivity index is 2.10. The normalized spacial score (nSPS) is 22.2. The molecule has 0 amide bonds. The molecule has 86 valence electrons. The first kappa shape index (κ1) is 10.0. The fourth-order valence-corrected chi connectivity index (χ4v) is 1.97. The number of hydrogen-bond acceptors (Lipinski definition) is 4. The zero-order valence-electron chi connectivity index (χ0n) is 8.85. The van der Waals surface area contributed by atoms with Gasteiger partial charge in [0.1, 0.15) is 17.6 Å². The summed E-state index contributed by atoms with van der Waals surface area (Å²) in [6, 6.07) is 6.27. The molecule has 1 heterocycles. The molecule has 1 aliphatic carbocycles. The van der Waals surface area contributed by atoms with Crippen molar-refractivity contribution in [3.63, 3.8) is 0 Å². The Labute approximate surface area is 97.2 Å². The van der Waals surface area contributed by atoms with Crippen LogP contribution in [0.4, 0.5) is 4.39 Å². The number of nitrogens with two attached hydrogens (primary N) is 1. The van der Waals surface area contributed by atoms with E-state index in [1.54, 1.807) is 30.4 Å². The van der Waals surface area contributed by atoms with E-state index in [4.69, 9.17) is 10.7 Å². The van der Waals surface area contributed by atoms with Crippen molar-refractivity contribution in [2.45, 2.75) is 6.04 Å². The molecule has 0 spiro atoms. The molecule has 17 heavy (non-hydrogen) atoms. The van der Waals surface area contributed by atoms with Gasteiger partial charge in [-0.1, -0.05) is 29.4 Å². The molecule has 0 bridgehead atoms. The van der Waals surface area contributed by atoms with Crippen LogP contribution < -0.4 is 11.2 Å². The highest BCUT2D eigenvalue weighted by Gasteiger charge is 2.32. The highest BCUT2D eigenvalue weighted by atomic mass is 19.1. The number of benzene rings is 1. The third kappa shape index (κ3) is 1.52. The average Bonchev–Trinajstić information content (AvgIpc) is 2.81. The molecule has 0 saturated heterocycles. The first-order valence-corrected chi connectivity index (χ1v) is 5.19. The maximum Gasteiger partial charge on any atom is 0.130 e. The predicted octanol–water partition coefficient (Wildman–Crippen LogP) is 1.32. The van der Waals surface area contributed by atoms with E-state index in [1.165, 1.54) is 6.07 Å². The first-order chi connectivity index (χ1) is 8.27. The van der Waals surface area contributed by atoms with Crippen molar-refractivity contribution < 1.29 is 9.33 Å². The smallest absolute Gasteiger partial charge is 0.130 e. The van der Waals surface area contributed by atoms with Gasteiger partial charge in [-0.2, -0.15) is 0 Å². The lowest BCUT2D eigenvalue weighted by atomic mass is 9.90. The molecule has 5 heteroatoms. The van der Waals surface area contributed by atoms with Crippen LogP contribution in [-0.4, -0.2) is 11.8 Å². The van der Waals surface area contributed by atoms with Gasteiger partial charge < -0.3 is 5.73 Å². The van der Waals surface area contributed by atoms with Crippen LogP contribution in [0.2, 0.25) is 0 Å². The van der Waals surface area contributed by atoms with Crippen molar-refractivity contribution in [2.75, 3.05) is 0 Å². The Kier molecular flexibility index (Phi) is 2.19. The van der Waals surface area contributed by atoms with Gasteiger partial charge in [0, 0.05) is 5.56 Å². The van der Waals surface area contributed by atoms with E-state index in [1.807, 2.05) is 0 Å². The number of hydroxylamine groups is 1. The van der Waals surface area contributed by atoms with E-state index in [-0.39, 0.29) is 11.9 Å². The Morgan fingerprint density at radius 2 is 2.12 bits per heavy atom. The third-order valence-electron chi connectivity index (χ3n) is 2.82. The van der Waals surface area contributed by atoms with Crippen LogP contribution in [0.15, 0.2) is 47.3 Å². The lowest BCUT2D eigenvalue weighted by Gasteiger charge is -2.19. The van der Waals surface area contributed by atoms with Crippen molar-refractivity contribution >= 4 is 11.3 Å². The van der Waals surface area contributed by atoms with Gasteiger partial charge in [-0.25, -0.2) is 4.39 Å². The molecule has 1 aliphatic heterocycles. The van der Waals surface area contributed by atoms with Gasteiger partial charge in [-0.3, -0.25) is 4.94 Å². The van der Waals surface area contributed by atoms with Crippen molar-refractivity contribution in [3.05, 3.63) is 53.5 Å². The zero-order valence-corrected chi connectivity index (χ0v) is 8.85. The number of oxime groups is 1. The van der Waals surface area contributed by atoms with Gasteiger partial charge in [0.25, 0.3) is 0 Å². The monoisotopic (exact) mass is 231 g/mol. The molecular formula is C12H10FN3O. The van der Waals surface area contributed by atoms with Crippen LogP contribution in [-0.2, 0) is 4.94 Å². The van der Waals surface area contributed by atoms with Gasteiger partial charge in [-0.15, -0.1) is 5.48 Å². The minimum absolute atomic E-state index is 0.277. The van der Waals surface area contributed by atoms with E-state index >= 15 is 0 Å². The Morgan fingerprint density at radius 1 is 1.29 bits per heavy atom. The summed E-state index contributed by atoms with van der Waals surface area (Å²) in [4.78, 5) is 4.81. The van der Waals surface area contributed by atoms with E-state index in [0.29, 0.717) is 17.0 Å². The summed E-state index contributed by atoms with van der Waals surface area (Å²) in [7, 11) is 0. The Hall–Kier alpha value is -2.14.